The van der Waals surface area contributed by atoms with Gasteiger partial charge < -0.3 is 9.30 Å². The van der Waals surface area contributed by atoms with Gasteiger partial charge in [0.25, 0.3) is 0 Å². The SMILES string of the molecule is Cc1ccc2nc(CCCl)n(C(C)C3CCOC3)c2n1. The molecule has 1 saturated heterocycles. The molecule has 2 unspecified atom stereocenters. The molecule has 108 valence electrons. The van der Waals surface area contributed by atoms with E-state index in [2.05, 4.69) is 16.5 Å². The molecule has 0 amide bonds. The number of hydrogen-bond donors (Lipinski definition) is 0. The third-order valence-electron chi connectivity index (χ3n) is 4.12. The van der Waals surface area contributed by atoms with E-state index >= 15 is 0 Å². The Hall–Kier alpha value is -1.13. The van der Waals surface area contributed by atoms with Crippen molar-refractivity contribution < 1.29 is 4.74 Å². The van der Waals surface area contributed by atoms with Crippen LogP contribution in [-0.4, -0.2) is 33.6 Å². The van der Waals surface area contributed by atoms with E-state index in [1.54, 1.807) is 0 Å². The number of aryl methyl sites for hydroxylation is 2. The monoisotopic (exact) mass is 293 g/mol. The van der Waals surface area contributed by atoms with E-state index in [1.807, 2.05) is 19.1 Å². The number of halogens is 1. The number of imidazole rings is 1. The number of aromatic nitrogens is 3. The van der Waals surface area contributed by atoms with Crippen molar-refractivity contribution in [2.45, 2.75) is 32.7 Å². The molecule has 20 heavy (non-hydrogen) atoms. The summed E-state index contributed by atoms with van der Waals surface area (Å²) in [6, 6.07) is 4.40. The van der Waals surface area contributed by atoms with Gasteiger partial charge in [-0.2, -0.15) is 0 Å². The molecule has 0 aliphatic carbocycles. The van der Waals surface area contributed by atoms with Gasteiger partial charge in [0.05, 0.1) is 6.61 Å². The summed E-state index contributed by atoms with van der Waals surface area (Å²) in [5, 5.41) is 0. The number of nitrogens with zero attached hydrogens (tertiary/aromatic N) is 3. The van der Waals surface area contributed by atoms with Gasteiger partial charge in [0.15, 0.2) is 5.65 Å². The molecule has 1 fully saturated rings. The normalized spacial score (nSPS) is 20.6. The Bertz CT molecular complexity index is 604. The fourth-order valence-electron chi connectivity index (χ4n) is 2.95. The van der Waals surface area contributed by atoms with Crippen LogP contribution in [0, 0.1) is 12.8 Å². The predicted molar refractivity (Wildman–Crippen MR) is 80.3 cm³/mol. The molecule has 1 aliphatic rings. The van der Waals surface area contributed by atoms with Gasteiger partial charge in [0, 0.05) is 36.6 Å². The summed E-state index contributed by atoms with van der Waals surface area (Å²) in [4.78, 5) is 9.40. The number of fused-ring (bicyclic) bond motifs is 1. The second-order valence-corrected chi connectivity index (χ2v) is 5.87. The molecule has 0 radical (unpaired) electrons. The molecule has 0 saturated carbocycles. The summed E-state index contributed by atoms with van der Waals surface area (Å²) in [7, 11) is 0. The molecule has 3 rings (SSSR count). The van der Waals surface area contributed by atoms with E-state index in [0.29, 0.717) is 17.8 Å². The minimum atomic E-state index is 0.343. The maximum absolute atomic E-state index is 5.93. The average molecular weight is 294 g/mol. The van der Waals surface area contributed by atoms with Gasteiger partial charge in [0.1, 0.15) is 11.3 Å². The maximum Gasteiger partial charge on any atom is 0.160 e. The minimum Gasteiger partial charge on any atom is -0.381 e. The van der Waals surface area contributed by atoms with Crippen LogP contribution < -0.4 is 0 Å². The van der Waals surface area contributed by atoms with Crippen molar-refractivity contribution in [2.24, 2.45) is 5.92 Å². The number of hydrogen-bond acceptors (Lipinski definition) is 3. The highest BCUT2D eigenvalue weighted by molar-refractivity contribution is 6.17. The molecule has 0 bridgehead atoms. The zero-order valence-corrected chi connectivity index (χ0v) is 12.7. The summed E-state index contributed by atoms with van der Waals surface area (Å²) in [6.45, 7) is 5.94. The largest absolute Gasteiger partial charge is 0.381 e. The first kappa shape index (κ1) is 13.8. The van der Waals surface area contributed by atoms with E-state index in [0.717, 1.165) is 48.7 Å². The fourth-order valence-corrected chi connectivity index (χ4v) is 3.12. The van der Waals surface area contributed by atoms with Crippen LogP contribution in [0.5, 0.6) is 0 Å². The van der Waals surface area contributed by atoms with E-state index in [1.165, 1.54) is 0 Å². The first-order valence-electron chi connectivity index (χ1n) is 7.19. The molecule has 5 heteroatoms. The molecular weight excluding hydrogens is 274 g/mol. The molecule has 2 aromatic rings. The molecule has 4 nitrogen and oxygen atoms in total. The van der Waals surface area contributed by atoms with Crippen molar-refractivity contribution in [3.63, 3.8) is 0 Å². The summed E-state index contributed by atoms with van der Waals surface area (Å²) < 4.78 is 7.80. The van der Waals surface area contributed by atoms with Gasteiger partial charge in [-0.3, -0.25) is 0 Å². The predicted octanol–water partition coefficient (Wildman–Crippen LogP) is 3.12. The number of alkyl halides is 1. The van der Waals surface area contributed by atoms with Crippen molar-refractivity contribution in [1.29, 1.82) is 0 Å². The number of pyridine rings is 1. The summed E-state index contributed by atoms with van der Waals surface area (Å²) >= 11 is 5.93. The van der Waals surface area contributed by atoms with Crippen LogP contribution in [0.4, 0.5) is 0 Å². The van der Waals surface area contributed by atoms with E-state index in [9.17, 15) is 0 Å². The quantitative estimate of drug-likeness (QED) is 0.813. The molecule has 0 N–H and O–H groups in total. The number of ether oxygens (including phenoxy) is 1. The molecule has 1 aliphatic heterocycles. The Morgan fingerprint density at radius 3 is 3.00 bits per heavy atom. The second-order valence-electron chi connectivity index (χ2n) is 5.50. The van der Waals surface area contributed by atoms with Crippen LogP contribution in [0.1, 0.15) is 30.9 Å². The van der Waals surface area contributed by atoms with Crippen molar-refractivity contribution in [3.8, 4) is 0 Å². The van der Waals surface area contributed by atoms with Gasteiger partial charge in [-0.25, -0.2) is 9.97 Å². The highest BCUT2D eigenvalue weighted by Crippen LogP contribution is 2.30. The Morgan fingerprint density at radius 2 is 2.30 bits per heavy atom. The zero-order valence-electron chi connectivity index (χ0n) is 12.0. The van der Waals surface area contributed by atoms with Crippen molar-refractivity contribution in [1.82, 2.24) is 14.5 Å². The second kappa shape index (κ2) is 5.70. The van der Waals surface area contributed by atoms with E-state index in [4.69, 9.17) is 21.3 Å². The Labute approximate surface area is 124 Å². The third kappa shape index (κ3) is 2.42. The van der Waals surface area contributed by atoms with E-state index in [-0.39, 0.29) is 0 Å². The van der Waals surface area contributed by atoms with E-state index < -0.39 is 0 Å². The fraction of sp³-hybridized carbons (Fsp3) is 0.600. The van der Waals surface area contributed by atoms with Gasteiger partial charge >= 0.3 is 0 Å². The van der Waals surface area contributed by atoms with Crippen molar-refractivity contribution in [3.05, 3.63) is 23.7 Å². The van der Waals surface area contributed by atoms with Crippen molar-refractivity contribution >= 4 is 22.8 Å². The Balaban J connectivity index is 2.09. The number of rotatable bonds is 4. The van der Waals surface area contributed by atoms with Gasteiger partial charge in [-0.05, 0) is 32.4 Å². The van der Waals surface area contributed by atoms with Crippen LogP contribution in [0.2, 0.25) is 0 Å². The highest BCUT2D eigenvalue weighted by atomic mass is 35.5. The van der Waals surface area contributed by atoms with Crippen LogP contribution >= 0.6 is 11.6 Å². The van der Waals surface area contributed by atoms with Gasteiger partial charge in [0.2, 0.25) is 0 Å². The molecular formula is C15H20ClN3O. The summed E-state index contributed by atoms with van der Waals surface area (Å²) in [5.41, 5.74) is 2.96. The van der Waals surface area contributed by atoms with Crippen LogP contribution in [0.3, 0.4) is 0 Å². The highest BCUT2D eigenvalue weighted by Gasteiger charge is 2.27. The summed E-state index contributed by atoms with van der Waals surface area (Å²) in [5.74, 6) is 2.15. The summed E-state index contributed by atoms with van der Waals surface area (Å²) in [6.07, 6.45) is 1.88. The third-order valence-corrected chi connectivity index (χ3v) is 4.31. The molecule has 2 atom stereocenters. The smallest absolute Gasteiger partial charge is 0.160 e. The molecule has 0 aromatic carbocycles. The maximum atomic E-state index is 5.93. The van der Waals surface area contributed by atoms with Crippen molar-refractivity contribution in [2.75, 3.05) is 19.1 Å². The van der Waals surface area contributed by atoms with Crippen LogP contribution in [0.15, 0.2) is 12.1 Å². The first-order chi connectivity index (χ1) is 9.70. The van der Waals surface area contributed by atoms with Crippen LogP contribution in [-0.2, 0) is 11.2 Å². The Morgan fingerprint density at radius 1 is 1.45 bits per heavy atom. The van der Waals surface area contributed by atoms with Gasteiger partial charge in [-0.1, -0.05) is 0 Å². The zero-order chi connectivity index (χ0) is 14.1. The standard InChI is InChI=1S/C15H20ClN3O/c1-10-3-4-13-15(17-10)19(14(18-13)5-7-16)11(2)12-6-8-20-9-12/h3-4,11-12H,5-9H2,1-2H3. The lowest BCUT2D eigenvalue weighted by Gasteiger charge is -2.22. The lowest BCUT2D eigenvalue weighted by atomic mass is 10.0. The topological polar surface area (TPSA) is 39.9 Å². The minimum absolute atomic E-state index is 0.343. The Kier molecular flexibility index (Phi) is 3.94. The molecule has 0 spiro atoms. The lowest BCUT2D eigenvalue weighted by Crippen LogP contribution is -2.19. The lowest BCUT2D eigenvalue weighted by molar-refractivity contribution is 0.175. The van der Waals surface area contributed by atoms with Crippen LogP contribution in [0.25, 0.3) is 11.2 Å². The average Bonchev–Trinajstić information content (AvgIpc) is 3.05. The first-order valence-corrected chi connectivity index (χ1v) is 7.72. The molecule has 2 aromatic heterocycles. The van der Waals surface area contributed by atoms with Gasteiger partial charge in [-0.15, -0.1) is 11.6 Å². The molecule has 3 heterocycles.